The van der Waals surface area contributed by atoms with Crippen LogP contribution in [0.2, 0.25) is 0 Å². The molecule has 1 radical (unpaired) electrons. The average Bonchev–Trinajstić information content (AvgIpc) is 2.33. The molecule has 8 atom stereocenters. The summed E-state index contributed by atoms with van der Waals surface area (Å²) in [5.41, 5.74) is 0. The second kappa shape index (κ2) is 6.22. The summed E-state index contributed by atoms with van der Waals surface area (Å²) in [7, 11) is 0. The van der Waals surface area contributed by atoms with E-state index in [1.807, 2.05) is 0 Å². The first-order valence-electron chi connectivity index (χ1n) is 5.52. The third-order valence-corrected chi connectivity index (χ3v) is 2.94. The van der Waals surface area contributed by atoms with Crippen molar-refractivity contribution in [2.24, 2.45) is 0 Å². The largest absolute Gasteiger partial charge is 0.391 e. The van der Waals surface area contributed by atoms with Crippen molar-refractivity contribution in [2.75, 3.05) is 0 Å². The van der Waals surface area contributed by atoms with Gasteiger partial charge in [-0.05, 0) is 6.92 Å². The molecule has 8 nitrogen and oxygen atoms in total. The monoisotopic (exact) mass is 267 g/mol. The minimum Gasteiger partial charge on any atom is -0.391 e. The number of aliphatic hydroxyl groups is 7. The fourth-order valence-corrected chi connectivity index (χ4v) is 1.69. The quantitative estimate of drug-likeness (QED) is 0.273. The molecule has 0 bridgehead atoms. The van der Waals surface area contributed by atoms with Gasteiger partial charge < -0.3 is 40.5 Å². The van der Waals surface area contributed by atoms with E-state index in [1.54, 1.807) is 0 Å². The molecule has 0 unspecified atom stereocenters. The van der Waals surface area contributed by atoms with E-state index >= 15 is 0 Å². The molecule has 1 fully saturated rings. The molecule has 0 saturated carbocycles. The SMILES string of the molecule is C[C@@H](O)[C@@H](O)[C@H](O)[C@@H](O)[C@H]1O[CH][C@H](O)[C@@H](O)[C@H]1O. The lowest BCUT2D eigenvalue weighted by Crippen LogP contribution is -2.59. The molecule has 1 saturated heterocycles. The van der Waals surface area contributed by atoms with Gasteiger partial charge in [-0.3, -0.25) is 0 Å². The number of rotatable bonds is 4. The van der Waals surface area contributed by atoms with Gasteiger partial charge in [-0.25, -0.2) is 0 Å². The van der Waals surface area contributed by atoms with Crippen molar-refractivity contribution in [3.63, 3.8) is 0 Å². The number of hydrogen-bond donors (Lipinski definition) is 7. The lowest BCUT2D eigenvalue weighted by Gasteiger charge is -2.39. The third kappa shape index (κ3) is 3.16. The molecule has 1 aliphatic heterocycles. The van der Waals surface area contributed by atoms with Gasteiger partial charge in [0.15, 0.2) is 0 Å². The Morgan fingerprint density at radius 3 is 2.00 bits per heavy atom. The Balaban J connectivity index is 2.69. The van der Waals surface area contributed by atoms with E-state index in [9.17, 15) is 25.5 Å². The van der Waals surface area contributed by atoms with Gasteiger partial charge in [0.1, 0.15) is 49.3 Å². The molecule has 0 aliphatic carbocycles. The van der Waals surface area contributed by atoms with Crippen molar-refractivity contribution < 1.29 is 40.5 Å². The Bertz CT molecular complexity index is 260. The van der Waals surface area contributed by atoms with Gasteiger partial charge in [-0.1, -0.05) is 0 Å². The van der Waals surface area contributed by atoms with Crippen LogP contribution in [0, 0.1) is 6.61 Å². The van der Waals surface area contributed by atoms with Crippen LogP contribution in [-0.4, -0.2) is 84.6 Å². The average molecular weight is 267 g/mol. The van der Waals surface area contributed by atoms with Gasteiger partial charge in [-0.15, -0.1) is 0 Å². The highest BCUT2D eigenvalue weighted by Crippen LogP contribution is 2.23. The third-order valence-electron chi connectivity index (χ3n) is 2.94. The van der Waals surface area contributed by atoms with Crippen LogP contribution in [0.25, 0.3) is 0 Å². The Morgan fingerprint density at radius 2 is 1.50 bits per heavy atom. The van der Waals surface area contributed by atoms with E-state index in [2.05, 4.69) is 0 Å². The fourth-order valence-electron chi connectivity index (χ4n) is 1.69. The first-order chi connectivity index (χ1) is 8.27. The molecule has 7 N–H and O–H groups in total. The van der Waals surface area contributed by atoms with E-state index < -0.39 is 48.8 Å². The summed E-state index contributed by atoms with van der Waals surface area (Å²) in [6.45, 7) is 2.02. The van der Waals surface area contributed by atoms with Crippen molar-refractivity contribution in [3.8, 4) is 0 Å². The van der Waals surface area contributed by atoms with Gasteiger partial charge >= 0.3 is 0 Å². The first-order valence-corrected chi connectivity index (χ1v) is 5.52. The number of aliphatic hydroxyl groups excluding tert-OH is 7. The normalized spacial score (nSPS) is 40.0. The van der Waals surface area contributed by atoms with Gasteiger partial charge in [0, 0.05) is 0 Å². The zero-order valence-corrected chi connectivity index (χ0v) is 9.73. The molecule has 1 rings (SSSR count). The van der Waals surface area contributed by atoms with Crippen molar-refractivity contribution in [2.45, 2.75) is 55.8 Å². The van der Waals surface area contributed by atoms with Crippen molar-refractivity contribution in [1.82, 2.24) is 0 Å². The predicted octanol–water partition coefficient (Wildman–Crippen LogP) is -3.91. The van der Waals surface area contributed by atoms with Crippen molar-refractivity contribution >= 4 is 0 Å². The van der Waals surface area contributed by atoms with Crippen LogP contribution < -0.4 is 0 Å². The Kier molecular flexibility index (Phi) is 5.44. The molecule has 0 aromatic rings. The number of ether oxygens (including phenoxy) is 1. The smallest absolute Gasteiger partial charge is 0.115 e. The van der Waals surface area contributed by atoms with Crippen molar-refractivity contribution in [3.05, 3.63) is 6.61 Å². The fraction of sp³-hybridized carbons (Fsp3) is 0.900. The minimum absolute atomic E-state index is 0.812. The zero-order valence-electron chi connectivity index (χ0n) is 9.73. The molecule has 8 heteroatoms. The Morgan fingerprint density at radius 1 is 0.944 bits per heavy atom. The summed E-state index contributed by atoms with van der Waals surface area (Å²) in [6.07, 6.45) is -12.5. The molecule has 0 spiro atoms. The van der Waals surface area contributed by atoms with Crippen LogP contribution in [-0.2, 0) is 4.74 Å². The highest BCUT2D eigenvalue weighted by Gasteiger charge is 2.45. The van der Waals surface area contributed by atoms with Crippen LogP contribution >= 0.6 is 0 Å². The van der Waals surface area contributed by atoms with E-state index in [-0.39, 0.29) is 0 Å². The van der Waals surface area contributed by atoms with E-state index in [4.69, 9.17) is 14.9 Å². The van der Waals surface area contributed by atoms with Crippen molar-refractivity contribution in [1.29, 1.82) is 0 Å². The second-order valence-corrected chi connectivity index (χ2v) is 4.42. The molecule has 0 aromatic heterocycles. The van der Waals surface area contributed by atoms with Gasteiger partial charge in [0.2, 0.25) is 0 Å². The second-order valence-electron chi connectivity index (χ2n) is 4.42. The molecular formula is C10H19O8. The summed E-state index contributed by atoms with van der Waals surface area (Å²) in [4.78, 5) is 0. The van der Waals surface area contributed by atoms with Crippen LogP contribution in [0.15, 0.2) is 0 Å². The first kappa shape index (κ1) is 15.7. The van der Waals surface area contributed by atoms with Crippen LogP contribution in [0.5, 0.6) is 0 Å². The lowest BCUT2D eigenvalue weighted by molar-refractivity contribution is -0.212. The maximum atomic E-state index is 9.72. The maximum Gasteiger partial charge on any atom is 0.115 e. The molecule has 1 aliphatic rings. The molecule has 0 aromatic carbocycles. The lowest BCUT2D eigenvalue weighted by atomic mass is 9.91. The van der Waals surface area contributed by atoms with Crippen LogP contribution in [0.1, 0.15) is 6.92 Å². The summed E-state index contributed by atoms with van der Waals surface area (Å²) < 4.78 is 4.80. The van der Waals surface area contributed by atoms with Gasteiger partial charge in [0.05, 0.1) is 6.10 Å². The topological polar surface area (TPSA) is 151 Å². The Labute approximate surface area is 104 Å². The minimum atomic E-state index is -1.78. The molecule has 0 amide bonds. The van der Waals surface area contributed by atoms with Gasteiger partial charge in [-0.2, -0.15) is 0 Å². The highest BCUT2D eigenvalue weighted by molar-refractivity contribution is 4.97. The molecule has 18 heavy (non-hydrogen) atoms. The highest BCUT2D eigenvalue weighted by atomic mass is 16.5. The molecule has 107 valence electrons. The van der Waals surface area contributed by atoms with Crippen LogP contribution in [0.3, 0.4) is 0 Å². The number of hydrogen-bond acceptors (Lipinski definition) is 8. The standard InChI is InChI=1S/C10H19O8/c1-3(11)5(13)7(15)9(17)10-8(16)6(14)4(12)2-18-10/h2-17H,1H3/t3-,4+,5-,6-,7+,8-,9-,10+/m1/s1. The zero-order chi connectivity index (χ0) is 14.0. The van der Waals surface area contributed by atoms with Crippen LogP contribution in [0.4, 0.5) is 0 Å². The summed E-state index contributed by atoms with van der Waals surface area (Å²) in [6, 6.07) is 0. The van der Waals surface area contributed by atoms with Gasteiger partial charge in [0.25, 0.3) is 0 Å². The van der Waals surface area contributed by atoms with E-state index in [1.165, 1.54) is 6.92 Å². The maximum absolute atomic E-state index is 9.72. The predicted molar refractivity (Wildman–Crippen MR) is 56.9 cm³/mol. The van der Waals surface area contributed by atoms with E-state index in [0.717, 1.165) is 6.61 Å². The summed E-state index contributed by atoms with van der Waals surface area (Å²) in [5, 5.41) is 65.9. The molecule has 1 heterocycles. The summed E-state index contributed by atoms with van der Waals surface area (Å²) >= 11 is 0. The summed E-state index contributed by atoms with van der Waals surface area (Å²) in [5.74, 6) is 0. The molecular weight excluding hydrogens is 248 g/mol. The van der Waals surface area contributed by atoms with E-state index in [0.29, 0.717) is 0 Å². The Hall–Kier alpha value is -0.320.